The first-order valence-electron chi connectivity index (χ1n) is 10.4. The van der Waals surface area contributed by atoms with E-state index in [2.05, 4.69) is 10.3 Å². The highest BCUT2D eigenvalue weighted by molar-refractivity contribution is 7.91. The summed E-state index contributed by atoms with van der Waals surface area (Å²) in [6.07, 6.45) is 2.05. The predicted molar refractivity (Wildman–Crippen MR) is 136 cm³/mol. The average Bonchev–Trinajstić information content (AvgIpc) is 2.85. The molecule has 3 aromatic carbocycles. The third kappa shape index (κ3) is 5.65. The van der Waals surface area contributed by atoms with E-state index in [9.17, 15) is 13.2 Å². The second-order valence-electron chi connectivity index (χ2n) is 7.56. The van der Waals surface area contributed by atoms with Gasteiger partial charge in [-0.1, -0.05) is 59.6 Å². The number of hydrogen-bond acceptors (Lipinski definition) is 4. The number of aromatic nitrogens is 1. The highest BCUT2D eigenvalue weighted by Crippen LogP contribution is 2.30. The predicted octanol–water partition coefficient (Wildman–Crippen LogP) is 6.32. The van der Waals surface area contributed by atoms with Gasteiger partial charge in [0.05, 0.1) is 32.0 Å². The summed E-state index contributed by atoms with van der Waals surface area (Å²) in [7, 11) is -3.56. The number of carbonyl (C=O) groups excluding carboxylic acids is 1. The lowest BCUT2D eigenvalue weighted by atomic mass is 10.1. The van der Waals surface area contributed by atoms with Crippen molar-refractivity contribution in [2.45, 2.75) is 11.3 Å². The molecule has 4 rings (SSSR count). The molecule has 1 N–H and O–H groups in total. The third-order valence-electron chi connectivity index (χ3n) is 5.21. The summed E-state index contributed by atoms with van der Waals surface area (Å²) in [5.74, 6) is -0.521. The monoisotopic (exact) mass is 510 g/mol. The number of nitrogens with zero attached hydrogens (tertiary/aromatic N) is 1. The van der Waals surface area contributed by atoms with Crippen LogP contribution in [0.15, 0.2) is 96.0 Å². The zero-order valence-corrected chi connectivity index (χ0v) is 20.2. The van der Waals surface area contributed by atoms with Gasteiger partial charge in [0, 0.05) is 17.4 Å². The lowest BCUT2D eigenvalue weighted by Crippen LogP contribution is -2.14. The van der Waals surface area contributed by atoms with Crippen molar-refractivity contribution in [1.82, 2.24) is 4.98 Å². The van der Waals surface area contributed by atoms with Crippen molar-refractivity contribution >= 4 is 44.6 Å². The Morgan fingerprint density at radius 1 is 0.853 bits per heavy atom. The van der Waals surface area contributed by atoms with E-state index >= 15 is 0 Å². The largest absolute Gasteiger partial charge is 0.322 e. The molecule has 4 aromatic rings. The minimum absolute atomic E-state index is 0.0530. The highest BCUT2D eigenvalue weighted by Gasteiger charge is 2.19. The molecule has 0 aliphatic carbocycles. The van der Waals surface area contributed by atoms with Crippen LogP contribution in [0.1, 0.15) is 15.9 Å². The second-order valence-corrected chi connectivity index (χ2v) is 10.5. The van der Waals surface area contributed by atoms with Gasteiger partial charge in [-0.05, 0) is 60.5 Å². The van der Waals surface area contributed by atoms with E-state index < -0.39 is 15.7 Å². The quantitative estimate of drug-likeness (QED) is 0.315. The number of nitrogens with one attached hydrogen (secondary N) is 1. The first-order chi connectivity index (χ1) is 16.3. The van der Waals surface area contributed by atoms with Crippen LogP contribution in [-0.4, -0.2) is 25.1 Å². The molecule has 34 heavy (non-hydrogen) atoms. The van der Waals surface area contributed by atoms with Crippen molar-refractivity contribution < 1.29 is 13.2 Å². The van der Waals surface area contributed by atoms with Crippen LogP contribution >= 0.6 is 23.2 Å². The number of pyridine rings is 1. The molecule has 0 saturated heterocycles. The van der Waals surface area contributed by atoms with Gasteiger partial charge in [0.15, 0.2) is 9.84 Å². The number of benzene rings is 3. The number of carbonyl (C=O) groups is 1. The van der Waals surface area contributed by atoms with Crippen LogP contribution < -0.4 is 5.32 Å². The van der Waals surface area contributed by atoms with Crippen LogP contribution in [0, 0.1) is 0 Å². The fourth-order valence-electron chi connectivity index (χ4n) is 3.41. The molecular formula is C26H20Cl2N2O3S. The molecule has 0 atom stereocenters. The molecule has 1 amide bonds. The highest BCUT2D eigenvalue weighted by atomic mass is 35.5. The first kappa shape index (κ1) is 24.0. The molecule has 172 valence electrons. The summed E-state index contributed by atoms with van der Waals surface area (Å²) in [6.45, 7) is 0. The van der Waals surface area contributed by atoms with Gasteiger partial charge < -0.3 is 5.32 Å². The number of anilines is 1. The zero-order chi connectivity index (χ0) is 24.1. The molecule has 0 unspecified atom stereocenters. The van der Waals surface area contributed by atoms with E-state index in [0.29, 0.717) is 28.4 Å². The van der Waals surface area contributed by atoms with Gasteiger partial charge in [0.25, 0.3) is 5.91 Å². The maximum absolute atomic E-state index is 12.8. The third-order valence-corrected chi connectivity index (χ3v) is 7.57. The summed E-state index contributed by atoms with van der Waals surface area (Å²) in [5, 5.41) is 3.33. The van der Waals surface area contributed by atoms with E-state index in [1.54, 1.807) is 30.5 Å². The molecular weight excluding hydrogens is 491 g/mol. The van der Waals surface area contributed by atoms with Crippen molar-refractivity contribution in [3.63, 3.8) is 0 Å². The van der Waals surface area contributed by atoms with Crippen LogP contribution in [0.2, 0.25) is 10.0 Å². The van der Waals surface area contributed by atoms with Gasteiger partial charge in [-0.3, -0.25) is 9.78 Å². The number of sulfone groups is 1. The Kier molecular flexibility index (Phi) is 7.32. The van der Waals surface area contributed by atoms with Crippen molar-refractivity contribution in [1.29, 1.82) is 0 Å². The zero-order valence-electron chi connectivity index (χ0n) is 17.9. The average molecular weight is 511 g/mol. The molecule has 0 aliphatic rings. The van der Waals surface area contributed by atoms with Crippen molar-refractivity contribution in [2.75, 3.05) is 11.1 Å². The van der Waals surface area contributed by atoms with E-state index in [1.807, 2.05) is 42.5 Å². The molecule has 1 aromatic heterocycles. The van der Waals surface area contributed by atoms with Crippen molar-refractivity contribution in [3.8, 4) is 11.3 Å². The molecule has 0 aliphatic heterocycles. The number of aryl methyl sites for hydroxylation is 1. The summed E-state index contributed by atoms with van der Waals surface area (Å²) < 4.78 is 25.5. The Morgan fingerprint density at radius 3 is 2.32 bits per heavy atom. The fourth-order valence-corrected chi connectivity index (χ4v) is 5.27. The van der Waals surface area contributed by atoms with Gasteiger partial charge in [-0.15, -0.1) is 0 Å². The van der Waals surface area contributed by atoms with Crippen LogP contribution in [0.25, 0.3) is 11.3 Å². The standard InChI is InChI=1S/C26H20Cl2N2O3S/c27-23-12-9-19(16-22(23)25-8-4-5-14-29-25)30-26(31)21-11-10-20(17-24(21)28)34(32,33)15-13-18-6-2-1-3-7-18/h1-12,14,16-17H,13,15H2,(H,30,31). The molecule has 8 heteroatoms. The van der Waals surface area contributed by atoms with Crippen LogP contribution in [0.3, 0.4) is 0 Å². The van der Waals surface area contributed by atoms with Gasteiger partial charge in [0.2, 0.25) is 0 Å². The number of hydrogen-bond donors (Lipinski definition) is 1. The van der Waals surface area contributed by atoms with E-state index in [1.165, 1.54) is 18.2 Å². The summed E-state index contributed by atoms with van der Waals surface area (Å²) in [4.78, 5) is 17.2. The number of rotatable bonds is 7. The molecule has 0 spiro atoms. The van der Waals surface area contributed by atoms with Crippen molar-refractivity contribution in [2.24, 2.45) is 0 Å². The molecule has 0 fully saturated rings. The van der Waals surface area contributed by atoms with Gasteiger partial charge in [0.1, 0.15) is 0 Å². The smallest absolute Gasteiger partial charge is 0.257 e. The van der Waals surface area contributed by atoms with Gasteiger partial charge in [-0.2, -0.15) is 0 Å². The van der Waals surface area contributed by atoms with Crippen LogP contribution in [0.4, 0.5) is 5.69 Å². The SMILES string of the molecule is O=C(Nc1ccc(Cl)c(-c2ccccn2)c1)c1ccc(S(=O)(=O)CCc2ccccc2)cc1Cl. The van der Waals surface area contributed by atoms with E-state index in [4.69, 9.17) is 23.2 Å². The Hall–Kier alpha value is -3.19. The first-order valence-corrected chi connectivity index (χ1v) is 12.8. The fraction of sp³-hybridized carbons (Fsp3) is 0.0769. The Morgan fingerprint density at radius 2 is 1.62 bits per heavy atom. The lowest BCUT2D eigenvalue weighted by Gasteiger charge is -2.11. The van der Waals surface area contributed by atoms with E-state index in [-0.39, 0.29) is 21.2 Å². The number of amides is 1. The normalized spacial score (nSPS) is 11.2. The molecule has 1 heterocycles. The van der Waals surface area contributed by atoms with Gasteiger partial charge in [-0.25, -0.2) is 8.42 Å². The van der Waals surface area contributed by atoms with Crippen LogP contribution in [-0.2, 0) is 16.3 Å². The Labute approximate surface area is 208 Å². The lowest BCUT2D eigenvalue weighted by molar-refractivity contribution is 0.102. The van der Waals surface area contributed by atoms with Crippen LogP contribution in [0.5, 0.6) is 0 Å². The Balaban J connectivity index is 1.50. The summed E-state index contributed by atoms with van der Waals surface area (Å²) in [6, 6.07) is 24.0. The minimum atomic E-state index is -3.56. The van der Waals surface area contributed by atoms with E-state index in [0.717, 1.165) is 5.56 Å². The summed E-state index contributed by atoms with van der Waals surface area (Å²) >= 11 is 12.6. The maximum Gasteiger partial charge on any atom is 0.257 e. The summed E-state index contributed by atoms with van der Waals surface area (Å²) in [5.41, 5.74) is 2.95. The molecule has 0 saturated carbocycles. The molecule has 0 bridgehead atoms. The van der Waals surface area contributed by atoms with Crippen molar-refractivity contribution in [3.05, 3.63) is 112 Å². The molecule has 5 nitrogen and oxygen atoms in total. The minimum Gasteiger partial charge on any atom is -0.322 e. The second kappa shape index (κ2) is 10.4. The topological polar surface area (TPSA) is 76.1 Å². The molecule has 0 radical (unpaired) electrons. The Bertz CT molecular complexity index is 1430. The maximum atomic E-state index is 12.8. The number of halogens is 2. The van der Waals surface area contributed by atoms with Gasteiger partial charge >= 0.3 is 0 Å².